The molecule has 0 unspecified atom stereocenters. The Hall–Kier alpha value is -0.850. The van der Waals surface area contributed by atoms with Gasteiger partial charge in [0.15, 0.2) is 5.78 Å². The van der Waals surface area contributed by atoms with Crippen LogP contribution >= 0.6 is 0 Å². The maximum absolute atomic E-state index is 11.6. The van der Waals surface area contributed by atoms with Gasteiger partial charge in [0.1, 0.15) is 0 Å². The first-order valence-electron chi connectivity index (χ1n) is 4.25. The summed E-state index contributed by atoms with van der Waals surface area (Å²) in [6.45, 7) is 13.4. The molecule has 0 spiro atoms. The van der Waals surface area contributed by atoms with E-state index in [0.29, 0.717) is 0 Å². The molecule has 0 aliphatic rings. The lowest BCUT2D eigenvalue weighted by molar-refractivity contribution is -0.118. The molecule has 0 saturated carbocycles. The van der Waals surface area contributed by atoms with E-state index >= 15 is 0 Å². The van der Waals surface area contributed by atoms with Gasteiger partial charge in [-0.05, 0) is 26.3 Å². The Morgan fingerprint density at radius 2 is 1.58 bits per heavy atom. The van der Waals surface area contributed by atoms with Crippen LogP contribution in [0.15, 0.2) is 23.3 Å². The van der Waals surface area contributed by atoms with Gasteiger partial charge in [0.2, 0.25) is 0 Å². The number of allylic oxidation sites excluding steroid dienone is 3. The zero-order chi connectivity index (χ0) is 9.89. The minimum Gasteiger partial charge on any atom is -0.294 e. The van der Waals surface area contributed by atoms with Gasteiger partial charge < -0.3 is 0 Å². The molecule has 0 aliphatic heterocycles. The van der Waals surface area contributed by atoms with Crippen molar-refractivity contribution in [1.29, 1.82) is 0 Å². The van der Waals surface area contributed by atoms with Crippen LogP contribution in [0.4, 0.5) is 0 Å². The molecule has 0 amide bonds. The summed E-state index contributed by atoms with van der Waals surface area (Å²) in [7, 11) is 0. The van der Waals surface area contributed by atoms with Crippen LogP contribution < -0.4 is 0 Å². The molecule has 1 nitrogen and oxygen atoms in total. The Labute approximate surface area is 75.2 Å². The van der Waals surface area contributed by atoms with Crippen molar-refractivity contribution in [3.8, 4) is 0 Å². The Kier molecular flexibility index (Phi) is 3.94. The summed E-state index contributed by atoms with van der Waals surface area (Å²) in [5.74, 6) is 0.258. The first-order valence-corrected chi connectivity index (χ1v) is 4.25. The first kappa shape index (κ1) is 11.2. The highest BCUT2D eigenvalue weighted by Gasteiger charge is 2.14. The molecule has 0 aliphatic carbocycles. The Morgan fingerprint density at radius 3 is 1.67 bits per heavy atom. The Bertz CT molecular complexity index is 227. The molecule has 0 aromatic carbocycles. The second-order valence-corrected chi connectivity index (χ2v) is 3.67. The second kappa shape index (κ2) is 4.24. The monoisotopic (exact) mass is 166 g/mol. The third-order valence-corrected chi connectivity index (χ3v) is 1.70. The van der Waals surface area contributed by atoms with Crippen molar-refractivity contribution in [2.45, 2.75) is 34.6 Å². The highest BCUT2D eigenvalue weighted by molar-refractivity contribution is 6.01. The van der Waals surface area contributed by atoms with Crippen molar-refractivity contribution in [1.82, 2.24) is 0 Å². The van der Waals surface area contributed by atoms with E-state index in [1.165, 1.54) is 0 Å². The molecule has 0 atom stereocenters. The van der Waals surface area contributed by atoms with E-state index in [2.05, 4.69) is 6.58 Å². The smallest absolute Gasteiger partial charge is 0.165 e. The molecule has 1 heteroatoms. The summed E-state index contributed by atoms with van der Waals surface area (Å²) in [6, 6.07) is 0. The number of hydrogen-bond donors (Lipinski definition) is 0. The van der Waals surface area contributed by atoms with Crippen LogP contribution in [0.1, 0.15) is 34.6 Å². The maximum Gasteiger partial charge on any atom is 0.165 e. The lowest BCUT2D eigenvalue weighted by atomic mass is 9.93. The summed E-state index contributed by atoms with van der Waals surface area (Å²) < 4.78 is 0. The summed E-state index contributed by atoms with van der Waals surface area (Å²) in [5, 5.41) is 0. The van der Waals surface area contributed by atoms with Crippen LogP contribution in [-0.2, 0) is 4.79 Å². The van der Waals surface area contributed by atoms with Crippen molar-refractivity contribution in [2.75, 3.05) is 0 Å². The summed E-state index contributed by atoms with van der Waals surface area (Å²) in [5.41, 5.74) is 2.74. The van der Waals surface area contributed by atoms with Crippen molar-refractivity contribution < 1.29 is 4.79 Å². The lowest BCUT2D eigenvalue weighted by Crippen LogP contribution is -2.12. The predicted molar refractivity (Wildman–Crippen MR) is 53.0 cm³/mol. The molecule has 0 heterocycles. The fourth-order valence-electron chi connectivity index (χ4n) is 1.17. The van der Waals surface area contributed by atoms with E-state index in [1.807, 2.05) is 34.6 Å². The van der Waals surface area contributed by atoms with Crippen molar-refractivity contribution >= 4 is 5.78 Å². The molecule has 0 saturated heterocycles. The topological polar surface area (TPSA) is 17.1 Å². The molecule has 0 bridgehead atoms. The van der Waals surface area contributed by atoms with Crippen LogP contribution in [-0.4, -0.2) is 5.78 Å². The van der Waals surface area contributed by atoms with Crippen molar-refractivity contribution in [3.05, 3.63) is 23.3 Å². The van der Waals surface area contributed by atoms with E-state index in [9.17, 15) is 4.79 Å². The summed E-state index contributed by atoms with van der Waals surface area (Å²) >= 11 is 0. The SMILES string of the molecule is C=C(C)C(C(=O)C(C)C)=C(C)C. The lowest BCUT2D eigenvalue weighted by Gasteiger charge is -2.10. The molecule has 0 aromatic rings. The standard InChI is InChI=1S/C11H18O/c1-7(2)10(8(3)4)11(12)9(5)6/h9H,1H2,2-6H3. The first-order chi connectivity index (χ1) is 5.37. The van der Waals surface area contributed by atoms with Crippen molar-refractivity contribution in [3.63, 3.8) is 0 Å². The largest absolute Gasteiger partial charge is 0.294 e. The zero-order valence-electron chi connectivity index (χ0n) is 8.69. The molecule has 68 valence electrons. The van der Waals surface area contributed by atoms with Gasteiger partial charge in [-0.3, -0.25) is 4.79 Å². The van der Waals surface area contributed by atoms with Crippen LogP contribution in [0.2, 0.25) is 0 Å². The van der Waals surface area contributed by atoms with E-state index < -0.39 is 0 Å². The molecule has 0 aromatic heterocycles. The number of hydrogen-bond acceptors (Lipinski definition) is 1. The predicted octanol–water partition coefficient (Wildman–Crippen LogP) is 3.12. The molecule has 0 fully saturated rings. The van der Waals surface area contributed by atoms with Crippen LogP contribution in [0.3, 0.4) is 0 Å². The third-order valence-electron chi connectivity index (χ3n) is 1.70. The summed E-state index contributed by atoms with van der Waals surface area (Å²) in [4.78, 5) is 11.6. The molecule has 0 N–H and O–H groups in total. The van der Waals surface area contributed by atoms with Gasteiger partial charge >= 0.3 is 0 Å². The molecular formula is C11H18O. The van der Waals surface area contributed by atoms with E-state index in [-0.39, 0.29) is 11.7 Å². The second-order valence-electron chi connectivity index (χ2n) is 3.67. The van der Waals surface area contributed by atoms with Gasteiger partial charge in [-0.2, -0.15) is 0 Å². The normalized spacial score (nSPS) is 9.83. The molecule has 0 radical (unpaired) electrons. The van der Waals surface area contributed by atoms with Gasteiger partial charge in [-0.1, -0.05) is 26.0 Å². The number of carbonyl (C=O) groups is 1. The maximum atomic E-state index is 11.6. The van der Waals surface area contributed by atoms with Crippen LogP contribution in [0.25, 0.3) is 0 Å². The fraction of sp³-hybridized carbons (Fsp3) is 0.545. The summed E-state index contributed by atoms with van der Waals surface area (Å²) in [6.07, 6.45) is 0. The van der Waals surface area contributed by atoms with Gasteiger partial charge in [-0.15, -0.1) is 0 Å². The van der Waals surface area contributed by atoms with Gasteiger partial charge in [0.25, 0.3) is 0 Å². The molecule has 12 heavy (non-hydrogen) atoms. The minimum atomic E-state index is 0.0617. The van der Waals surface area contributed by atoms with E-state index in [1.54, 1.807) is 0 Å². The Morgan fingerprint density at radius 1 is 1.17 bits per heavy atom. The average Bonchev–Trinajstić information content (AvgIpc) is 1.85. The van der Waals surface area contributed by atoms with Crippen LogP contribution in [0, 0.1) is 5.92 Å². The average molecular weight is 166 g/mol. The van der Waals surface area contributed by atoms with E-state index in [4.69, 9.17) is 0 Å². The van der Waals surface area contributed by atoms with E-state index in [0.717, 1.165) is 16.7 Å². The Balaban J connectivity index is 4.93. The highest BCUT2D eigenvalue weighted by atomic mass is 16.1. The minimum absolute atomic E-state index is 0.0617. The van der Waals surface area contributed by atoms with Gasteiger partial charge in [0, 0.05) is 11.5 Å². The number of rotatable bonds is 3. The zero-order valence-corrected chi connectivity index (χ0v) is 8.69. The molecule has 0 rings (SSSR count). The quantitative estimate of drug-likeness (QED) is 0.465. The number of carbonyl (C=O) groups excluding carboxylic acids is 1. The van der Waals surface area contributed by atoms with Gasteiger partial charge in [-0.25, -0.2) is 0 Å². The highest BCUT2D eigenvalue weighted by Crippen LogP contribution is 2.17. The molecular weight excluding hydrogens is 148 g/mol. The van der Waals surface area contributed by atoms with Crippen LogP contribution in [0.5, 0.6) is 0 Å². The third kappa shape index (κ3) is 2.65. The fourth-order valence-corrected chi connectivity index (χ4v) is 1.17. The number of Topliss-reactive ketones (excluding diaryl/α,β-unsaturated/α-hetero) is 1. The van der Waals surface area contributed by atoms with Crippen molar-refractivity contribution in [2.24, 2.45) is 5.92 Å². The van der Waals surface area contributed by atoms with Gasteiger partial charge in [0.05, 0.1) is 0 Å². The number of ketones is 1.